The number of allylic oxidation sites excluding steroid dienone is 1. The van der Waals surface area contributed by atoms with Crippen molar-refractivity contribution in [3.05, 3.63) is 82.8 Å². The number of rotatable bonds is 7. The van der Waals surface area contributed by atoms with Gasteiger partial charge >= 0.3 is 5.97 Å². The van der Waals surface area contributed by atoms with Gasteiger partial charge in [-0.15, -0.1) is 11.3 Å². The van der Waals surface area contributed by atoms with Crippen LogP contribution in [0.5, 0.6) is 0 Å². The van der Waals surface area contributed by atoms with Crippen LogP contribution in [0.3, 0.4) is 0 Å². The molecular formula is C24H20F2N2O4S. The Balaban J connectivity index is 1.81. The fourth-order valence-electron chi connectivity index (χ4n) is 2.89. The molecule has 0 saturated carbocycles. The summed E-state index contributed by atoms with van der Waals surface area (Å²) in [6, 6.07) is 12.1. The quantitative estimate of drug-likeness (QED) is 0.358. The van der Waals surface area contributed by atoms with E-state index in [9.17, 15) is 23.2 Å². The van der Waals surface area contributed by atoms with Crippen LogP contribution in [0, 0.1) is 11.6 Å². The molecule has 0 radical (unpaired) electrons. The number of hydrogen-bond donors (Lipinski definition) is 2. The van der Waals surface area contributed by atoms with Crippen LogP contribution in [-0.4, -0.2) is 24.4 Å². The van der Waals surface area contributed by atoms with E-state index in [0.717, 1.165) is 35.1 Å². The predicted molar refractivity (Wildman–Crippen MR) is 123 cm³/mol. The lowest BCUT2D eigenvalue weighted by atomic mass is 10.0. The number of ether oxygens (including phenoxy) is 1. The van der Waals surface area contributed by atoms with Crippen LogP contribution in [0.4, 0.5) is 19.5 Å². The fraction of sp³-hybridized carbons (Fsp3) is 0.125. The predicted octanol–water partition coefficient (Wildman–Crippen LogP) is 5.39. The second-order valence-corrected chi connectivity index (χ2v) is 8.03. The second kappa shape index (κ2) is 10.6. The van der Waals surface area contributed by atoms with Crippen molar-refractivity contribution < 1.29 is 27.9 Å². The molecular weight excluding hydrogens is 450 g/mol. The normalized spacial score (nSPS) is 10.3. The first-order valence-corrected chi connectivity index (χ1v) is 10.7. The van der Waals surface area contributed by atoms with E-state index in [0.29, 0.717) is 11.1 Å². The third kappa shape index (κ3) is 6.11. The van der Waals surface area contributed by atoms with Crippen LogP contribution in [-0.2, 0) is 14.3 Å². The Morgan fingerprint density at radius 1 is 0.970 bits per heavy atom. The molecule has 2 aromatic carbocycles. The number of carbonyl (C=O) groups excluding carboxylic acids is 3. The summed E-state index contributed by atoms with van der Waals surface area (Å²) in [4.78, 5) is 37.2. The number of esters is 1. The van der Waals surface area contributed by atoms with E-state index < -0.39 is 41.7 Å². The highest BCUT2D eigenvalue weighted by molar-refractivity contribution is 7.15. The Hall–Kier alpha value is -3.85. The topological polar surface area (TPSA) is 84.5 Å². The van der Waals surface area contributed by atoms with E-state index in [1.54, 1.807) is 43.5 Å². The maximum absolute atomic E-state index is 13.7. The molecule has 0 unspecified atom stereocenters. The number of thiophene rings is 1. The number of benzene rings is 2. The van der Waals surface area contributed by atoms with Crippen molar-refractivity contribution in [3.8, 4) is 11.1 Å². The molecule has 1 heterocycles. The molecule has 0 aliphatic heterocycles. The van der Waals surface area contributed by atoms with Crippen molar-refractivity contribution in [1.29, 1.82) is 0 Å². The summed E-state index contributed by atoms with van der Waals surface area (Å²) in [7, 11) is 0. The number of hydrogen-bond acceptors (Lipinski definition) is 5. The van der Waals surface area contributed by atoms with Gasteiger partial charge in [0, 0.05) is 17.0 Å². The molecule has 3 rings (SSSR count). The molecule has 0 aliphatic rings. The zero-order chi connectivity index (χ0) is 24.0. The molecule has 33 heavy (non-hydrogen) atoms. The molecule has 170 valence electrons. The standard InChI is InChI=1S/C24H20F2N2O4S/c1-14(2)11-19(29)28-23-21(16(13-33-23)15-7-4-3-5-8-15)24(31)32-12-20(30)27-22-17(25)9-6-10-18(22)26/h3-11,13H,12H2,1-2H3,(H,27,30)(H,28,29). The van der Waals surface area contributed by atoms with Gasteiger partial charge in [-0.1, -0.05) is 42.0 Å². The van der Waals surface area contributed by atoms with Gasteiger partial charge in [0.1, 0.15) is 27.9 Å². The highest BCUT2D eigenvalue weighted by Gasteiger charge is 2.24. The van der Waals surface area contributed by atoms with Gasteiger partial charge in [-0.25, -0.2) is 13.6 Å². The summed E-state index contributed by atoms with van der Waals surface area (Å²) in [6.45, 7) is 2.74. The maximum atomic E-state index is 13.7. The molecule has 0 aliphatic carbocycles. The highest BCUT2D eigenvalue weighted by atomic mass is 32.1. The minimum absolute atomic E-state index is 0.0755. The average Bonchev–Trinajstić information content (AvgIpc) is 3.18. The summed E-state index contributed by atoms with van der Waals surface area (Å²) < 4.78 is 32.6. The highest BCUT2D eigenvalue weighted by Crippen LogP contribution is 2.36. The SMILES string of the molecule is CC(C)=CC(=O)Nc1scc(-c2ccccc2)c1C(=O)OCC(=O)Nc1c(F)cccc1F. The van der Waals surface area contributed by atoms with Gasteiger partial charge in [-0.2, -0.15) is 0 Å². The first kappa shape index (κ1) is 23.8. The molecule has 3 aromatic rings. The monoisotopic (exact) mass is 470 g/mol. The van der Waals surface area contributed by atoms with Gasteiger partial charge in [0.05, 0.1) is 0 Å². The molecule has 9 heteroatoms. The smallest absolute Gasteiger partial charge is 0.342 e. The molecule has 0 spiro atoms. The number of para-hydroxylation sites is 1. The van der Waals surface area contributed by atoms with Gasteiger partial charge < -0.3 is 15.4 Å². The van der Waals surface area contributed by atoms with E-state index in [1.165, 1.54) is 6.08 Å². The first-order chi connectivity index (χ1) is 15.8. The molecule has 6 nitrogen and oxygen atoms in total. The van der Waals surface area contributed by atoms with Crippen molar-refractivity contribution in [1.82, 2.24) is 0 Å². The molecule has 1 aromatic heterocycles. The summed E-state index contributed by atoms with van der Waals surface area (Å²) >= 11 is 1.13. The van der Waals surface area contributed by atoms with Gasteiger partial charge in [0.15, 0.2) is 6.61 Å². The lowest BCUT2D eigenvalue weighted by Crippen LogP contribution is -2.22. The van der Waals surface area contributed by atoms with Crippen LogP contribution in [0.1, 0.15) is 24.2 Å². The van der Waals surface area contributed by atoms with Crippen LogP contribution in [0.25, 0.3) is 11.1 Å². The average molecular weight is 470 g/mol. The van der Waals surface area contributed by atoms with E-state index in [-0.39, 0.29) is 10.6 Å². The Morgan fingerprint density at radius 3 is 2.27 bits per heavy atom. The second-order valence-electron chi connectivity index (χ2n) is 7.15. The van der Waals surface area contributed by atoms with Gasteiger partial charge in [0.25, 0.3) is 5.91 Å². The molecule has 2 amide bonds. The zero-order valence-electron chi connectivity index (χ0n) is 17.8. The fourth-order valence-corrected chi connectivity index (χ4v) is 3.85. The Bertz CT molecular complexity index is 1200. The first-order valence-electron chi connectivity index (χ1n) is 9.80. The van der Waals surface area contributed by atoms with E-state index in [1.807, 2.05) is 6.07 Å². The number of carbonyl (C=O) groups is 3. The Kier molecular flexibility index (Phi) is 7.68. The van der Waals surface area contributed by atoms with Crippen LogP contribution in [0.15, 0.2) is 65.6 Å². The molecule has 0 fully saturated rings. The van der Waals surface area contributed by atoms with Crippen molar-refractivity contribution in [2.75, 3.05) is 17.2 Å². The van der Waals surface area contributed by atoms with Gasteiger partial charge in [0.2, 0.25) is 5.91 Å². The lowest BCUT2D eigenvalue weighted by molar-refractivity contribution is -0.119. The van der Waals surface area contributed by atoms with Crippen LogP contribution < -0.4 is 10.6 Å². The lowest BCUT2D eigenvalue weighted by Gasteiger charge is -2.10. The van der Waals surface area contributed by atoms with E-state index in [2.05, 4.69) is 10.6 Å². The zero-order valence-corrected chi connectivity index (χ0v) is 18.6. The van der Waals surface area contributed by atoms with Crippen LogP contribution in [0.2, 0.25) is 0 Å². The molecule has 0 atom stereocenters. The number of nitrogens with one attached hydrogen (secondary N) is 2. The summed E-state index contributed by atoms with van der Waals surface area (Å²) in [5.74, 6) is -4.12. The Labute approximate surface area is 192 Å². The number of amides is 2. The largest absolute Gasteiger partial charge is 0.452 e. The van der Waals surface area contributed by atoms with E-state index >= 15 is 0 Å². The van der Waals surface area contributed by atoms with Crippen molar-refractivity contribution in [3.63, 3.8) is 0 Å². The van der Waals surface area contributed by atoms with Gasteiger partial charge in [-0.05, 0) is 31.5 Å². The minimum Gasteiger partial charge on any atom is -0.452 e. The molecule has 2 N–H and O–H groups in total. The van der Waals surface area contributed by atoms with Crippen molar-refractivity contribution in [2.45, 2.75) is 13.8 Å². The van der Waals surface area contributed by atoms with Gasteiger partial charge in [-0.3, -0.25) is 9.59 Å². The van der Waals surface area contributed by atoms with Crippen molar-refractivity contribution >= 4 is 39.8 Å². The third-order valence-corrected chi connectivity index (χ3v) is 5.19. The summed E-state index contributed by atoms with van der Waals surface area (Å²) in [5.41, 5.74) is 1.44. The summed E-state index contributed by atoms with van der Waals surface area (Å²) in [6.07, 6.45) is 1.38. The van der Waals surface area contributed by atoms with E-state index in [4.69, 9.17) is 4.74 Å². The maximum Gasteiger partial charge on any atom is 0.342 e. The Morgan fingerprint density at radius 2 is 1.64 bits per heavy atom. The minimum atomic E-state index is -0.955. The van der Waals surface area contributed by atoms with Crippen molar-refractivity contribution in [2.24, 2.45) is 0 Å². The number of halogens is 2. The molecule has 0 saturated heterocycles. The third-order valence-electron chi connectivity index (χ3n) is 4.30. The number of anilines is 2. The van der Waals surface area contributed by atoms with Crippen LogP contribution >= 0.6 is 11.3 Å². The molecule has 0 bridgehead atoms. The summed E-state index contributed by atoms with van der Waals surface area (Å²) in [5, 5.41) is 6.66.